The van der Waals surface area contributed by atoms with E-state index in [4.69, 9.17) is 9.47 Å². The topological polar surface area (TPSA) is 81.7 Å². The molecule has 34 heavy (non-hydrogen) atoms. The number of ether oxygens (including phenoxy) is 2. The van der Waals surface area contributed by atoms with Gasteiger partial charge in [-0.25, -0.2) is 8.42 Å². The fraction of sp³-hybridized carbons (Fsp3) is 0.519. The van der Waals surface area contributed by atoms with Gasteiger partial charge in [0.05, 0.1) is 4.90 Å². The second-order valence-electron chi connectivity index (χ2n) is 10.8. The summed E-state index contributed by atoms with van der Waals surface area (Å²) in [7, 11) is -4.03. The molecule has 0 spiro atoms. The highest BCUT2D eigenvalue weighted by molar-refractivity contribution is 7.89. The first-order chi connectivity index (χ1) is 15.6. The lowest BCUT2D eigenvalue weighted by Crippen LogP contribution is -2.46. The van der Waals surface area contributed by atoms with Crippen LogP contribution >= 0.6 is 0 Å². The fourth-order valence-corrected chi connectivity index (χ4v) is 6.15. The van der Waals surface area contributed by atoms with Crippen molar-refractivity contribution >= 4 is 16.0 Å². The summed E-state index contributed by atoms with van der Waals surface area (Å²) in [5.41, 5.74) is 2.83. The summed E-state index contributed by atoms with van der Waals surface area (Å²) in [6.45, 7) is 14.9. The number of rotatable bonds is 6. The lowest BCUT2D eigenvalue weighted by Gasteiger charge is -2.35. The Hall–Kier alpha value is -2.38. The average molecular weight is 488 g/mol. The van der Waals surface area contributed by atoms with Gasteiger partial charge in [0.25, 0.3) is 0 Å². The molecule has 3 rings (SSSR count). The Balaban J connectivity index is 2.03. The van der Waals surface area contributed by atoms with E-state index in [-0.39, 0.29) is 16.9 Å². The summed E-state index contributed by atoms with van der Waals surface area (Å²) in [5.74, 6) is 0.174. The van der Waals surface area contributed by atoms with E-state index >= 15 is 0 Å². The van der Waals surface area contributed by atoms with Gasteiger partial charge in [0.15, 0.2) is 0 Å². The van der Waals surface area contributed by atoms with Gasteiger partial charge in [0.2, 0.25) is 10.0 Å². The molecule has 1 atom stereocenters. The van der Waals surface area contributed by atoms with Crippen LogP contribution < -0.4 is 9.46 Å². The Morgan fingerprint density at radius 2 is 1.71 bits per heavy atom. The summed E-state index contributed by atoms with van der Waals surface area (Å²) < 4.78 is 42.0. The van der Waals surface area contributed by atoms with E-state index in [0.29, 0.717) is 11.1 Å². The van der Waals surface area contributed by atoms with Crippen molar-refractivity contribution in [3.63, 3.8) is 0 Å². The maximum atomic E-state index is 13.8. The summed E-state index contributed by atoms with van der Waals surface area (Å²) >= 11 is 0. The van der Waals surface area contributed by atoms with Crippen molar-refractivity contribution in [3.05, 3.63) is 58.1 Å². The molecule has 1 heterocycles. The molecule has 7 heteroatoms. The second-order valence-corrected chi connectivity index (χ2v) is 12.4. The molecule has 0 aromatic heterocycles. The Morgan fingerprint density at radius 3 is 2.29 bits per heavy atom. The van der Waals surface area contributed by atoms with Gasteiger partial charge in [0, 0.05) is 0 Å². The lowest BCUT2D eigenvalue weighted by atomic mass is 9.88. The van der Waals surface area contributed by atoms with Gasteiger partial charge >= 0.3 is 5.97 Å². The van der Waals surface area contributed by atoms with E-state index in [1.807, 2.05) is 58.0 Å². The van der Waals surface area contributed by atoms with Crippen molar-refractivity contribution in [2.24, 2.45) is 0 Å². The predicted molar refractivity (Wildman–Crippen MR) is 134 cm³/mol. The molecule has 186 valence electrons. The van der Waals surface area contributed by atoms with Gasteiger partial charge in [-0.3, -0.25) is 4.79 Å². The van der Waals surface area contributed by atoms with Crippen LogP contribution in [-0.4, -0.2) is 31.6 Å². The number of hydrogen-bond acceptors (Lipinski definition) is 5. The molecule has 1 N–H and O–H groups in total. The Labute approximate surface area is 204 Å². The highest BCUT2D eigenvalue weighted by Crippen LogP contribution is 2.42. The monoisotopic (exact) mass is 487 g/mol. The number of carbonyl (C=O) groups excluding carboxylic acids is 1. The minimum absolute atomic E-state index is 0.189. The van der Waals surface area contributed by atoms with Crippen molar-refractivity contribution in [1.82, 2.24) is 4.72 Å². The number of sulfonamides is 1. The van der Waals surface area contributed by atoms with Crippen molar-refractivity contribution in [3.8, 4) is 5.75 Å². The lowest BCUT2D eigenvalue weighted by molar-refractivity contribution is -0.156. The van der Waals surface area contributed by atoms with E-state index in [9.17, 15) is 13.2 Å². The molecule has 1 aliphatic heterocycles. The minimum Gasteiger partial charge on any atom is -0.487 e. The van der Waals surface area contributed by atoms with E-state index in [0.717, 1.165) is 35.3 Å². The van der Waals surface area contributed by atoms with Gasteiger partial charge < -0.3 is 9.47 Å². The van der Waals surface area contributed by atoms with Gasteiger partial charge in [-0.05, 0) is 102 Å². The van der Waals surface area contributed by atoms with Crippen molar-refractivity contribution in [2.75, 3.05) is 0 Å². The van der Waals surface area contributed by atoms with Gasteiger partial charge in [-0.2, -0.15) is 4.72 Å². The molecule has 6 nitrogen and oxygen atoms in total. The Morgan fingerprint density at radius 1 is 1.09 bits per heavy atom. The number of hydrogen-bond donors (Lipinski definition) is 1. The molecule has 0 saturated heterocycles. The fourth-order valence-electron chi connectivity index (χ4n) is 4.39. The Bertz CT molecular complexity index is 1180. The summed E-state index contributed by atoms with van der Waals surface area (Å²) in [4.78, 5) is 13.3. The SMILES string of the molecule is Cc1c(C)c(S(=O)(=O)N[C@@H](Cc2ccccc2)C(=O)OC(C)(C)C)c(C)c2c1OC(C)(C)CC2. The zero-order valence-electron chi connectivity index (χ0n) is 21.5. The van der Waals surface area contributed by atoms with Crippen molar-refractivity contribution in [2.45, 2.75) is 96.8 Å². The molecule has 0 unspecified atom stereocenters. The summed E-state index contributed by atoms with van der Waals surface area (Å²) in [6, 6.07) is 8.27. The van der Waals surface area contributed by atoms with Crippen LogP contribution in [0.2, 0.25) is 0 Å². The molecule has 2 aromatic rings. The normalized spacial score (nSPS) is 16.4. The van der Waals surface area contributed by atoms with Crippen LogP contribution in [0.15, 0.2) is 35.2 Å². The van der Waals surface area contributed by atoms with Gasteiger partial charge in [-0.15, -0.1) is 0 Å². The Kier molecular flexibility index (Phi) is 7.21. The van der Waals surface area contributed by atoms with Crippen LogP contribution in [0.5, 0.6) is 5.75 Å². The number of fused-ring (bicyclic) bond motifs is 1. The first kappa shape index (κ1) is 26.2. The second kappa shape index (κ2) is 9.34. The third kappa shape index (κ3) is 5.81. The van der Waals surface area contributed by atoms with Crippen molar-refractivity contribution in [1.29, 1.82) is 0 Å². The zero-order chi connectivity index (χ0) is 25.5. The predicted octanol–water partition coefficient (Wildman–Crippen LogP) is 4.95. The number of esters is 1. The third-order valence-corrected chi connectivity index (χ3v) is 7.95. The molecular weight excluding hydrogens is 450 g/mol. The van der Waals surface area contributed by atoms with E-state index < -0.39 is 27.6 Å². The van der Waals surface area contributed by atoms with Crippen LogP contribution in [0.1, 0.15) is 68.9 Å². The molecule has 0 saturated carbocycles. The summed E-state index contributed by atoms with van der Waals surface area (Å²) in [6.07, 6.45) is 1.72. The van der Waals surface area contributed by atoms with E-state index in [1.54, 1.807) is 27.7 Å². The van der Waals surface area contributed by atoms with E-state index in [2.05, 4.69) is 4.72 Å². The maximum Gasteiger partial charge on any atom is 0.325 e. The molecule has 0 fully saturated rings. The molecular formula is C27H37NO5S. The van der Waals surface area contributed by atoms with Crippen LogP contribution in [-0.2, 0) is 32.4 Å². The van der Waals surface area contributed by atoms with Crippen LogP contribution in [0, 0.1) is 20.8 Å². The van der Waals surface area contributed by atoms with Crippen LogP contribution in [0.4, 0.5) is 0 Å². The molecule has 0 amide bonds. The molecule has 1 aliphatic rings. The number of nitrogens with one attached hydrogen (secondary N) is 1. The van der Waals surface area contributed by atoms with Crippen LogP contribution in [0.3, 0.4) is 0 Å². The smallest absolute Gasteiger partial charge is 0.325 e. The first-order valence-electron chi connectivity index (χ1n) is 11.7. The minimum atomic E-state index is -4.03. The molecule has 2 aromatic carbocycles. The first-order valence-corrected chi connectivity index (χ1v) is 13.2. The standard InChI is InChI=1S/C27H37NO5S/c1-17-18(2)24(19(3)21-14-15-27(7,8)32-23(17)21)34(30,31)28-22(25(29)33-26(4,5)6)16-20-12-10-9-11-13-20/h9-13,22,28H,14-16H2,1-8H3/t22-/m0/s1. The van der Waals surface area contributed by atoms with Gasteiger partial charge in [0.1, 0.15) is 23.0 Å². The number of benzene rings is 2. The zero-order valence-corrected chi connectivity index (χ0v) is 22.4. The third-order valence-electron chi connectivity index (χ3n) is 6.21. The highest BCUT2D eigenvalue weighted by atomic mass is 32.2. The molecule has 0 aliphatic carbocycles. The summed E-state index contributed by atoms with van der Waals surface area (Å²) in [5, 5.41) is 0. The van der Waals surface area contributed by atoms with Gasteiger partial charge in [-0.1, -0.05) is 30.3 Å². The quantitative estimate of drug-likeness (QED) is 0.583. The number of carbonyl (C=O) groups is 1. The molecule has 0 bridgehead atoms. The maximum absolute atomic E-state index is 13.8. The average Bonchev–Trinajstić information content (AvgIpc) is 2.70. The van der Waals surface area contributed by atoms with E-state index in [1.165, 1.54) is 0 Å². The van der Waals surface area contributed by atoms with Crippen LogP contribution in [0.25, 0.3) is 0 Å². The molecule has 0 radical (unpaired) electrons. The van der Waals surface area contributed by atoms with Crippen molar-refractivity contribution < 1.29 is 22.7 Å². The highest BCUT2D eigenvalue weighted by Gasteiger charge is 2.36. The largest absolute Gasteiger partial charge is 0.487 e.